The van der Waals surface area contributed by atoms with Crippen LogP contribution in [-0.4, -0.2) is 30.2 Å². The van der Waals surface area contributed by atoms with Gasteiger partial charge in [0.2, 0.25) is 0 Å². The third kappa shape index (κ3) is 4.96. The molecule has 0 N–H and O–H groups in total. The topological polar surface area (TPSA) is 108 Å². The van der Waals surface area contributed by atoms with E-state index in [2.05, 4.69) is 4.99 Å². The number of hydrogen-bond acceptors (Lipinski definition) is 6. The smallest absolute Gasteiger partial charge is 0.355 e. The van der Waals surface area contributed by atoms with Gasteiger partial charge < -0.3 is 19.4 Å². The van der Waals surface area contributed by atoms with Gasteiger partial charge in [-0.05, 0) is 47.9 Å². The van der Waals surface area contributed by atoms with Gasteiger partial charge in [0.1, 0.15) is 12.3 Å². The summed E-state index contributed by atoms with van der Waals surface area (Å²) in [6.07, 6.45) is 0.166. The molecule has 4 rings (SSSR count). The van der Waals surface area contributed by atoms with Crippen LogP contribution in [0, 0.1) is 0 Å². The summed E-state index contributed by atoms with van der Waals surface area (Å²) in [5.74, 6) is -0.699. The number of hydrogen-bond donors (Lipinski definition) is 0. The highest BCUT2D eigenvalue weighted by Crippen LogP contribution is 2.30. The number of imide groups is 1. The van der Waals surface area contributed by atoms with E-state index in [9.17, 15) is 19.5 Å². The number of carbonyl (C=O) groups excluding carboxylic acids is 3. The van der Waals surface area contributed by atoms with E-state index in [1.54, 1.807) is 60.7 Å². The van der Waals surface area contributed by atoms with Crippen molar-refractivity contribution in [1.29, 1.82) is 0 Å². The quantitative estimate of drug-likeness (QED) is 0.488. The zero-order chi connectivity index (χ0) is 24.1. The molecule has 172 valence electrons. The number of urea groups is 1. The molecule has 0 saturated carbocycles. The number of ether oxygens (including phenoxy) is 2. The van der Waals surface area contributed by atoms with Crippen LogP contribution < -0.4 is 19.5 Å². The number of rotatable bonds is 9. The highest BCUT2D eigenvalue weighted by atomic mass is 16.5. The molecule has 0 saturated heterocycles. The Morgan fingerprint density at radius 3 is 2.29 bits per heavy atom. The summed E-state index contributed by atoms with van der Waals surface area (Å²) in [5.41, 5.74) is 2.24. The highest BCUT2D eigenvalue weighted by Gasteiger charge is 2.34. The molecule has 0 aliphatic carbocycles. The van der Waals surface area contributed by atoms with Gasteiger partial charge in [0.25, 0.3) is 5.91 Å². The van der Waals surface area contributed by atoms with Gasteiger partial charge in [-0.2, -0.15) is 4.99 Å². The van der Waals surface area contributed by atoms with Gasteiger partial charge >= 0.3 is 6.03 Å². The minimum atomic E-state index is -1.24. The second-order valence-corrected chi connectivity index (χ2v) is 7.48. The largest absolute Gasteiger partial charge is 0.545 e. The molecule has 8 heteroatoms. The lowest BCUT2D eigenvalue weighted by Crippen LogP contribution is -2.33. The van der Waals surface area contributed by atoms with Gasteiger partial charge in [-0.1, -0.05) is 48.5 Å². The van der Waals surface area contributed by atoms with Crippen molar-refractivity contribution in [2.75, 3.05) is 11.5 Å². The number of anilines is 1. The molecule has 1 aliphatic heterocycles. The van der Waals surface area contributed by atoms with Crippen molar-refractivity contribution in [2.24, 2.45) is 4.99 Å². The Balaban J connectivity index is 1.47. The Morgan fingerprint density at radius 2 is 1.62 bits per heavy atom. The first kappa shape index (κ1) is 22.7. The van der Waals surface area contributed by atoms with E-state index in [4.69, 9.17) is 9.47 Å². The Morgan fingerprint density at radius 1 is 0.912 bits per heavy atom. The number of aromatic carboxylic acids is 1. The Bertz CT molecular complexity index is 1250. The van der Waals surface area contributed by atoms with Crippen molar-refractivity contribution < 1.29 is 29.0 Å². The molecule has 0 radical (unpaired) electrons. The van der Waals surface area contributed by atoms with Crippen LogP contribution in [0.3, 0.4) is 0 Å². The highest BCUT2D eigenvalue weighted by molar-refractivity contribution is 6.53. The maximum Gasteiger partial charge on any atom is 0.355 e. The summed E-state index contributed by atoms with van der Waals surface area (Å²) >= 11 is 0. The number of carbonyl (C=O) groups is 3. The summed E-state index contributed by atoms with van der Waals surface area (Å²) in [5, 5.41) is 10.9. The summed E-state index contributed by atoms with van der Waals surface area (Å²) in [6.45, 7) is 2.45. The molecule has 0 bridgehead atoms. The first-order valence-corrected chi connectivity index (χ1v) is 10.7. The fourth-order valence-electron chi connectivity index (χ4n) is 3.49. The number of para-hydroxylation sites is 1. The molecule has 8 nitrogen and oxygen atoms in total. The van der Waals surface area contributed by atoms with Gasteiger partial charge in [-0.25, -0.2) is 9.69 Å². The fourth-order valence-corrected chi connectivity index (χ4v) is 3.49. The van der Waals surface area contributed by atoms with E-state index in [-0.39, 0.29) is 24.3 Å². The fraction of sp³-hybridized carbons (Fsp3) is 0.154. The lowest BCUT2D eigenvalue weighted by molar-refractivity contribution is -0.255. The number of nitrogens with zero attached hydrogens (tertiary/aromatic N) is 2. The van der Waals surface area contributed by atoms with Gasteiger partial charge in [0, 0.05) is 6.42 Å². The summed E-state index contributed by atoms with van der Waals surface area (Å²) in [4.78, 5) is 41.0. The number of carboxylic acids is 1. The zero-order valence-corrected chi connectivity index (χ0v) is 18.4. The standard InChI is InChI=1S/C26H22N2O6/c1-2-33-23-15-18(10-13-22(23)34-16-17-8-11-19(12-9-17)25(30)31)14-21-24(29)28(26(32)27-21)20-6-4-3-5-7-20/h3-13,15H,2,14,16H2,1H3,(H,30,31)/p-1. The van der Waals surface area contributed by atoms with Crippen molar-refractivity contribution >= 4 is 29.3 Å². The van der Waals surface area contributed by atoms with Crippen LogP contribution in [0.15, 0.2) is 77.8 Å². The SMILES string of the molecule is CCOc1cc(CC2=NC(=O)N(c3ccccc3)C2=O)ccc1OCc1ccc(C(=O)[O-])cc1. The molecule has 1 heterocycles. The van der Waals surface area contributed by atoms with Crippen molar-refractivity contribution in [3.8, 4) is 11.5 Å². The van der Waals surface area contributed by atoms with Crippen LogP contribution in [0.25, 0.3) is 0 Å². The maximum absolute atomic E-state index is 12.8. The van der Waals surface area contributed by atoms with Crippen molar-refractivity contribution in [3.05, 3.63) is 89.5 Å². The molecule has 0 aromatic heterocycles. The average Bonchev–Trinajstić information content (AvgIpc) is 3.12. The molecule has 34 heavy (non-hydrogen) atoms. The first-order valence-electron chi connectivity index (χ1n) is 10.7. The van der Waals surface area contributed by atoms with Crippen LogP contribution in [0.1, 0.15) is 28.4 Å². The second-order valence-electron chi connectivity index (χ2n) is 7.48. The Hall–Kier alpha value is -4.46. The van der Waals surface area contributed by atoms with E-state index >= 15 is 0 Å². The molecule has 0 spiro atoms. The Labute approximate surface area is 196 Å². The van der Waals surface area contributed by atoms with Crippen LogP contribution >= 0.6 is 0 Å². The van der Waals surface area contributed by atoms with Gasteiger partial charge in [-0.15, -0.1) is 0 Å². The van der Waals surface area contributed by atoms with Gasteiger partial charge in [0.05, 0.1) is 18.3 Å². The number of carboxylic acid groups (broad SMARTS) is 1. The van der Waals surface area contributed by atoms with Crippen molar-refractivity contribution in [2.45, 2.75) is 20.0 Å². The molecule has 3 aromatic carbocycles. The minimum Gasteiger partial charge on any atom is -0.545 e. The average molecular weight is 457 g/mol. The second kappa shape index (κ2) is 9.99. The van der Waals surface area contributed by atoms with Crippen LogP contribution in [0.2, 0.25) is 0 Å². The lowest BCUT2D eigenvalue weighted by Gasteiger charge is -2.14. The van der Waals surface area contributed by atoms with Crippen LogP contribution in [0.5, 0.6) is 11.5 Å². The number of benzene rings is 3. The molecule has 0 atom stereocenters. The van der Waals surface area contributed by atoms with E-state index in [0.29, 0.717) is 23.8 Å². The molecule has 0 unspecified atom stereocenters. The Kier molecular flexibility index (Phi) is 6.68. The van der Waals surface area contributed by atoms with Gasteiger partial charge in [0.15, 0.2) is 11.5 Å². The van der Waals surface area contributed by atoms with E-state index in [1.165, 1.54) is 12.1 Å². The van der Waals surface area contributed by atoms with Crippen molar-refractivity contribution in [3.63, 3.8) is 0 Å². The third-order valence-corrected chi connectivity index (χ3v) is 5.15. The van der Waals surface area contributed by atoms with Gasteiger partial charge in [-0.3, -0.25) is 4.79 Å². The molecular weight excluding hydrogens is 436 g/mol. The van der Waals surface area contributed by atoms with Crippen LogP contribution in [-0.2, 0) is 17.8 Å². The van der Waals surface area contributed by atoms with E-state index in [0.717, 1.165) is 16.0 Å². The number of amides is 3. The molecule has 3 amide bonds. The van der Waals surface area contributed by atoms with E-state index in [1.807, 2.05) is 6.92 Å². The summed E-state index contributed by atoms with van der Waals surface area (Å²) in [7, 11) is 0. The third-order valence-electron chi connectivity index (χ3n) is 5.15. The number of aliphatic imine (C=N–C) groups is 1. The van der Waals surface area contributed by atoms with Crippen molar-refractivity contribution in [1.82, 2.24) is 0 Å². The minimum absolute atomic E-state index is 0.0943. The normalized spacial score (nSPS) is 13.1. The molecule has 3 aromatic rings. The molecule has 0 fully saturated rings. The first-order chi connectivity index (χ1) is 16.5. The summed E-state index contributed by atoms with van der Waals surface area (Å²) < 4.78 is 11.6. The predicted octanol–water partition coefficient (Wildman–Crippen LogP) is 3.18. The lowest BCUT2D eigenvalue weighted by atomic mass is 10.1. The van der Waals surface area contributed by atoms with Crippen LogP contribution in [0.4, 0.5) is 10.5 Å². The van der Waals surface area contributed by atoms with E-state index < -0.39 is 17.9 Å². The predicted molar refractivity (Wildman–Crippen MR) is 123 cm³/mol. The maximum atomic E-state index is 12.8. The zero-order valence-electron chi connectivity index (χ0n) is 18.4. The molecular formula is C26H21N2O6-. The monoisotopic (exact) mass is 457 g/mol. The molecule has 1 aliphatic rings. The summed E-state index contributed by atoms with van der Waals surface area (Å²) in [6, 6.07) is 19.5.